The van der Waals surface area contributed by atoms with Crippen LogP contribution in [-0.4, -0.2) is 92.1 Å². The summed E-state index contributed by atoms with van der Waals surface area (Å²) >= 11 is 0. The lowest BCUT2D eigenvalue weighted by atomic mass is 10.1. The fraction of sp³-hybridized carbons (Fsp3) is 0.938. The number of alkyl halides is 2. The lowest BCUT2D eigenvalue weighted by Crippen LogP contribution is -2.51. The van der Waals surface area contributed by atoms with Crippen molar-refractivity contribution in [2.45, 2.75) is 49.8 Å². The van der Waals surface area contributed by atoms with Gasteiger partial charge in [-0.05, 0) is 32.1 Å². The molecule has 3 fully saturated rings. The molecule has 1 atom stereocenters. The van der Waals surface area contributed by atoms with Gasteiger partial charge in [0.05, 0.1) is 11.8 Å². The van der Waals surface area contributed by atoms with E-state index in [0.29, 0.717) is 58.5 Å². The molecule has 10 heteroatoms. The van der Waals surface area contributed by atoms with Crippen molar-refractivity contribution < 1.29 is 22.0 Å². The van der Waals surface area contributed by atoms with E-state index in [0.717, 1.165) is 12.8 Å². The fourth-order valence-corrected chi connectivity index (χ4v) is 6.08. The van der Waals surface area contributed by atoms with Gasteiger partial charge in [0.2, 0.25) is 10.0 Å². The topological polar surface area (TPSA) is 73.0 Å². The highest BCUT2D eigenvalue weighted by Crippen LogP contribution is 2.24. The van der Waals surface area contributed by atoms with Gasteiger partial charge < -0.3 is 10.2 Å². The highest BCUT2D eigenvalue weighted by molar-refractivity contribution is 7.89. The largest absolute Gasteiger partial charge is 0.334 e. The number of halogens is 2. The Balaban J connectivity index is 1.44. The van der Waals surface area contributed by atoms with Crippen LogP contribution in [0.15, 0.2) is 0 Å². The van der Waals surface area contributed by atoms with Crippen molar-refractivity contribution in [3.8, 4) is 0 Å². The number of rotatable bonds is 5. The van der Waals surface area contributed by atoms with Gasteiger partial charge in [0.1, 0.15) is 0 Å². The summed E-state index contributed by atoms with van der Waals surface area (Å²) in [4.78, 5) is 15.7. The second-order valence-corrected chi connectivity index (χ2v) is 9.64. The van der Waals surface area contributed by atoms with Crippen LogP contribution < -0.4 is 5.32 Å². The van der Waals surface area contributed by atoms with Crippen molar-refractivity contribution in [2.24, 2.45) is 0 Å². The average molecular weight is 394 g/mol. The third-order valence-electron chi connectivity index (χ3n) is 5.57. The summed E-state index contributed by atoms with van der Waals surface area (Å²) in [6, 6.07) is -0.335. The molecule has 0 saturated carbocycles. The summed E-state index contributed by atoms with van der Waals surface area (Å²) in [6.45, 7) is 2.79. The van der Waals surface area contributed by atoms with Gasteiger partial charge in [-0.25, -0.2) is 26.3 Å². The number of urea groups is 1. The van der Waals surface area contributed by atoms with Crippen LogP contribution in [0, 0.1) is 0 Å². The molecule has 0 spiro atoms. The van der Waals surface area contributed by atoms with E-state index in [4.69, 9.17) is 0 Å². The van der Waals surface area contributed by atoms with Gasteiger partial charge in [-0.3, -0.25) is 4.90 Å². The summed E-state index contributed by atoms with van der Waals surface area (Å²) < 4.78 is 51.6. The van der Waals surface area contributed by atoms with E-state index in [-0.39, 0.29) is 18.6 Å². The molecule has 3 aliphatic heterocycles. The second kappa shape index (κ2) is 8.35. The second-order valence-electron chi connectivity index (χ2n) is 7.42. The molecular weight excluding hydrogens is 366 g/mol. The summed E-state index contributed by atoms with van der Waals surface area (Å²) in [5, 5.41) is 2.50. The maximum Gasteiger partial charge on any atom is 0.317 e. The molecule has 2 amide bonds. The maximum atomic E-state index is 12.6. The molecule has 1 N–H and O–H groups in total. The molecule has 0 radical (unpaired) electrons. The molecule has 0 aromatic heterocycles. The Labute approximate surface area is 153 Å². The molecule has 0 unspecified atom stereocenters. The van der Waals surface area contributed by atoms with Gasteiger partial charge >= 0.3 is 6.03 Å². The molecular formula is C16H28F2N4O3S. The van der Waals surface area contributed by atoms with Crippen LogP contribution in [0.3, 0.4) is 0 Å². The van der Waals surface area contributed by atoms with Crippen LogP contribution in [0.5, 0.6) is 0 Å². The predicted octanol–water partition coefficient (Wildman–Crippen LogP) is 0.925. The number of carbonyl (C=O) groups excluding carboxylic acids is 1. The number of nitrogens with zero attached hydrogens (tertiary/aromatic N) is 3. The fourth-order valence-electron chi connectivity index (χ4n) is 4.09. The van der Waals surface area contributed by atoms with Gasteiger partial charge in [0, 0.05) is 45.3 Å². The zero-order valence-corrected chi connectivity index (χ0v) is 15.8. The van der Waals surface area contributed by atoms with Crippen LogP contribution in [0.1, 0.15) is 32.1 Å². The van der Waals surface area contributed by atoms with E-state index in [9.17, 15) is 22.0 Å². The Hall–Kier alpha value is -1.00. The summed E-state index contributed by atoms with van der Waals surface area (Å²) in [5.74, 6) is 0. The Morgan fingerprint density at radius 3 is 2.31 bits per heavy atom. The molecule has 7 nitrogen and oxygen atoms in total. The zero-order chi connectivity index (χ0) is 18.7. The van der Waals surface area contributed by atoms with Gasteiger partial charge in [-0.2, -0.15) is 0 Å². The van der Waals surface area contributed by atoms with E-state index < -0.39 is 21.7 Å². The number of amides is 2. The van der Waals surface area contributed by atoms with Crippen LogP contribution in [0.4, 0.5) is 13.6 Å². The summed E-state index contributed by atoms with van der Waals surface area (Å²) in [7, 11) is -3.25. The van der Waals surface area contributed by atoms with E-state index in [1.807, 2.05) is 0 Å². The number of sulfonamides is 1. The number of hydrogen-bond acceptors (Lipinski definition) is 4. The SMILES string of the molecule is O=C(N[C@H]1CCN(CC(F)F)C1)N1CCC(S(=O)(=O)N2CCCC2)CC1. The number of carbonyl (C=O) groups is 1. The van der Waals surface area contributed by atoms with Crippen molar-refractivity contribution >= 4 is 16.1 Å². The Morgan fingerprint density at radius 1 is 1.04 bits per heavy atom. The first-order valence-corrected chi connectivity index (χ1v) is 10.9. The first-order chi connectivity index (χ1) is 12.4. The van der Waals surface area contributed by atoms with Crippen molar-refractivity contribution in [3.05, 3.63) is 0 Å². The quantitative estimate of drug-likeness (QED) is 0.753. The number of hydrogen-bond donors (Lipinski definition) is 1. The predicted molar refractivity (Wildman–Crippen MR) is 93.7 cm³/mol. The summed E-state index contributed by atoms with van der Waals surface area (Å²) in [5.41, 5.74) is 0. The normalized spacial score (nSPS) is 26.7. The van der Waals surface area contributed by atoms with Gasteiger partial charge in [0.25, 0.3) is 6.43 Å². The van der Waals surface area contributed by atoms with Crippen LogP contribution in [0.25, 0.3) is 0 Å². The van der Waals surface area contributed by atoms with Crippen LogP contribution >= 0.6 is 0 Å². The van der Waals surface area contributed by atoms with Crippen molar-refractivity contribution in [2.75, 3.05) is 45.8 Å². The standard InChI is InChI=1S/C16H28F2N4O3S/c17-15(18)12-20-8-3-13(11-20)19-16(23)21-9-4-14(5-10-21)26(24,25)22-6-1-2-7-22/h13-15H,1-12H2,(H,19,23)/t13-/m0/s1. The molecule has 3 saturated heterocycles. The third-order valence-corrected chi connectivity index (χ3v) is 7.97. The van der Waals surface area contributed by atoms with Gasteiger partial charge in [-0.1, -0.05) is 0 Å². The molecule has 0 aromatic rings. The molecule has 0 aromatic carbocycles. The molecule has 3 rings (SSSR count). The molecule has 150 valence electrons. The van der Waals surface area contributed by atoms with Crippen LogP contribution in [-0.2, 0) is 10.0 Å². The summed E-state index contributed by atoms with van der Waals surface area (Å²) in [6.07, 6.45) is 1.05. The van der Waals surface area contributed by atoms with Crippen LogP contribution in [0.2, 0.25) is 0 Å². The molecule has 26 heavy (non-hydrogen) atoms. The number of likely N-dealkylation sites (tertiary alicyclic amines) is 2. The Morgan fingerprint density at radius 2 is 1.69 bits per heavy atom. The third kappa shape index (κ3) is 4.64. The van der Waals surface area contributed by atoms with E-state index in [1.54, 1.807) is 14.1 Å². The smallest absolute Gasteiger partial charge is 0.317 e. The minimum Gasteiger partial charge on any atom is -0.334 e. The molecule has 0 bridgehead atoms. The van der Waals surface area contributed by atoms with Gasteiger partial charge in [-0.15, -0.1) is 0 Å². The van der Waals surface area contributed by atoms with Crippen molar-refractivity contribution in [3.63, 3.8) is 0 Å². The number of piperidine rings is 1. The molecule has 3 heterocycles. The first kappa shape index (κ1) is 19.8. The Bertz CT molecular complexity index is 590. The Kier molecular flexibility index (Phi) is 6.34. The zero-order valence-electron chi connectivity index (χ0n) is 14.9. The molecule has 0 aliphatic carbocycles. The highest BCUT2D eigenvalue weighted by atomic mass is 32.2. The van der Waals surface area contributed by atoms with E-state index in [1.165, 1.54) is 0 Å². The lowest BCUT2D eigenvalue weighted by Gasteiger charge is -2.34. The molecule has 3 aliphatic rings. The minimum absolute atomic E-state index is 0.118. The van der Waals surface area contributed by atoms with E-state index in [2.05, 4.69) is 5.32 Å². The lowest BCUT2D eigenvalue weighted by molar-refractivity contribution is 0.0986. The van der Waals surface area contributed by atoms with Gasteiger partial charge in [0.15, 0.2) is 0 Å². The maximum absolute atomic E-state index is 12.6. The number of nitrogens with one attached hydrogen (secondary N) is 1. The van der Waals surface area contributed by atoms with E-state index >= 15 is 0 Å². The minimum atomic E-state index is -3.25. The van der Waals surface area contributed by atoms with Crippen molar-refractivity contribution in [1.82, 2.24) is 19.4 Å². The van der Waals surface area contributed by atoms with Crippen molar-refractivity contribution in [1.29, 1.82) is 0 Å². The highest BCUT2D eigenvalue weighted by Gasteiger charge is 2.37. The average Bonchev–Trinajstić information content (AvgIpc) is 3.27. The first-order valence-electron chi connectivity index (χ1n) is 9.41. The monoisotopic (exact) mass is 394 g/mol.